The first-order valence-electron chi connectivity index (χ1n) is 11.8. The third kappa shape index (κ3) is 3.03. The van der Waals surface area contributed by atoms with Crippen LogP contribution in [0.3, 0.4) is 0 Å². The zero-order chi connectivity index (χ0) is 19.5. The quantitative estimate of drug-likeness (QED) is 0.491. The van der Waals surface area contributed by atoms with Crippen LogP contribution in [0.15, 0.2) is 18.2 Å². The Kier molecular flexibility index (Phi) is 4.77. The highest BCUT2D eigenvalue weighted by molar-refractivity contribution is 6.31. The van der Waals surface area contributed by atoms with Crippen LogP contribution in [0.2, 0.25) is 5.02 Å². The summed E-state index contributed by atoms with van der Waals surface area (Å²) in [6.07, 6.45) is 14.6. The summed E-state index contributed by atoms with van der Waals surface area (Å²) in [5, 5.41) is 0.820. The molecule has 2 heteroatoms. The van der Waals surface area contributed by atoms with Crippen molar-refractivity contribution in [2.75, 3.05) is 0 Å². The molecule has 0 spiro atoms. The number of rotatable bonds is 2. The molecule has 1 aromatic carbocycles. The minimum atomic E-state index is 0.369. The lowest BCUT2D eigenvalue weighted by Gasteiger charge is -2.60. The number of ether oxygens (including phenoxy) is 1. The lowest BCUT2D eigenvalue weighted by molar-refractivity contribution is -0.118. The molecule has 4 fully saturated rings. The second-order valence-corrected chi connectivity index (χ2v) is 11.6. The summed E-state index contributed by atoms with van der Waals surface area (Å²) in [6, 6.07) is 6.17. The molecule has 7 atom stereocenters. The van der Waals surface area contributed by atoms with Gasteiger partial charge in [-0.25, -0.2) is 0 Å². The Labute approximate surface area is 176 Å². The maximum absolute atomic E-state index is 6.42. The Balaban J connectivity index is 1.30. The first-order chi connectivity index (χ1) is 13.4. The van der Waals surface area contributed by atoms with E-state index >= 15 is 0 Å². The van der Waals surface area contributed by atoms with E-state index in [2.05, 4.69) is 32.9 Å². The van der Waals surface area contributed by atoms with Gasteiger partial charge in [-0.15, -0.1) is 0 Å². The van der Waals surface area contributed by atoms with Crippen LogP contribution in [0.25, 0.3) is 0 Å². The summed E-state index contributed by atoms with van der Waals surface area (Å²) >= 11 is 6.32. The molecule has 1 aromatic rings. The molecular formula is C26H37ClO. The summed E-state index contributed by atoms with van der Waals surface area (Å²) in [6.45, 7) is 7.33. The van der Waals surface area contributed by atoms with E-state index in [4.69, 9.17) is 16.3 Å². The molecule has 0 saturated heterocycles. The van der Waals surface area contributed by atoms with Crippen molar-refractivity contribution in [1.82, 2.24) is 0 Å². The highest BCUT2D eigenvalue weighted by atomic mass is 35.5. The summed E-state index contributed by atoms with van der Waals surface area (Å²) in [7, 11) is 0. The van der Waals surface area contributed by atoms with Gasteiger partial charge in [0.25, 0.3) is 0 Å². The van der Waals surface area contributed by atoms with Crippen LogP contribution in [0.1, 0.15) is 83.6 Å². The van der Waals surface area contributed by atoms with Crippen molar-refractivity contribution < 1.29 is 4.74 Å². The van der Waals surface area contributed by atoms with Gasteiger partial charge in [0.15, 0.2) is 0 Å². The number of benzene rings is 1. The molecule has 0 heterocycles. The molecule has 4 aliphatic rings. The summed E-state index contributed by atoms with van der Waals surface area (Å²) in [5.74, 6) is 4.80. The van der Waals surface area contributed by atoms with E-state index in [9.17, 15) is 0 Å². The monoisotopic (exact) mass is 400 g/mol. The van der Waals surface area contributed by atoms with Crippen LogP contribution in [-0.4, -0.2) is 6.10 Å². The van der Waals surface area contributed by atoms with Gasteiger partial charge >= 0.3 is 0 Å². The Morgan fingerprint density at radius 3 is 2.64 bits per heavy atom. The maximum atomic E-state index is 6.42. The van der Waals surface area contributed by atoms with Gasteiger partial charge in [0.2, 0.25) is 0 Å². The van der Waals surface area contributed by atoms with Crippen molar-refractivity contribution in [2.24, 2.45) is 34.5 Å². The van der Waals surface area contributed by atoms with E-state index in [1.54, 1.807) is 0 Å². The van der Waals surface area contributed by atoms with E-state index in [0.717, 1.165) is 40.0 Å². The maximum Gasteiger partial charge on any atom is 0.121 e. The van der Waals surface area contributed by atoms with Gasteiger partial charge in [-0.1, -0.05) is 37.9 Å². The van der Waals surface area contributed by atoms with Crippen molar-refractivity contribution in [3.8, 4) is 5.75 Å². The predicted octanol–water partition coefficient (Wildman–Crippen LogP) is 7.83. The minimum Gasteiger partial charge on any atom is -0.490 e. The molecule has 0 amide bonds. The molecule has 1 unspecified atom stereocenters. The predicted molar refractivity (Wildman–Crippen MR) is 117 cm³/mol. The fourth-order valence-electron chi connectivity index (χ4n) is 8.16. The summed E-state index contributed by atoms with van der Waals surface area (Å²) in [5.41, 5.74) is 2.35. The standard InChI is InChI=1S/C26H37ClO/c1-17-6-8-19(16-24(17)27)28-20-10-14-26(3)18(15-20)7-9-21-22-5-4-12-25(22,2)13-11-23(21)26/h6,8,16,18,20-23H,4-5,7,9-15H2,1-3H3/t18-,20?,21-,22-,23-,25-,26-/m0/s1. The summed E-state index contributed by atoms with van der Waals surface area (Å²) in [4.78, 5) is 0. The van der Waals surface area contributed by atoms with Gasteiger partial charge in [0, 0.05) is 5.02 Å². The zero-order valence-corrected chi connectivity index (χ0v) is 18.7. The third-order valence-corrected chi connectivity index (χ3v) is 10.3. The van der Waals surface area contributed by atoms with Crippen molar-refractivity contribution in [3.05, 3.63) is 28.8 Å². The van der Waals surface area contributed by atoms with Crippen LogP contribution in [0, 0.1) is 41.4 Å². The molecule has 4 saturated carbocycles. The third-order valence-electron chi connectivity index (χ3n) is 9.84. The first-order valence-corrected chi connectivity index (χ1v) is 12.2. The van der Waals surface area contributed by atoms with Crippen molar-refractivity contribution >= 4 is 11.6 Å². The molecule has 0 radical (unpaired) electrons. The summed E-state index contributed by atoms with van der Waals surface area (Å²) < 4.78 is 6.42. The number of halogens is 1. The Morgan fingerprint density at radius 1 is 0.964 bits per heavy atom. The molecule has 0 bridgehead atoms. The molecule has 4 aliphatic carbocycles. The highest BCUT2D eigenvalue weighted by Crippen LogP contribution is 2.66. The van der Waals surface area contributed by atoms with E-state index in [0.29, 0.717) is 16.9 Å². The molecule has 0 aliphatic heterocycles. The smallest absolute Gasteiger partial charge is 0.121 e. The molecule has 1 nitrogen and oxygen atoms in total. The molecule has 0 N–H and O–H groups in total. The zero-order valence-electron chi connectivity index (χ0n) is 18.0. The molecule has 28 heavy (non-hydrogen) atoms. The lowest BCUT2D eigenvalue weighted by Crippen LogP contribution is -2.53. The van der Waals surface area contributed by atoms with Gasteiger partial charge in [-0.2, -0.15) is 0 Å². The normalized spacial score (nSPS) is 45.1. The van der Waals surface area contributed by atoms with Gasteiger partial charge in [0.05, 0.1) is 6.10 Å². The van der Waals surface area contributed by atoms with Crippen LogP contribution in [0.4, 0.5) is 0 Å². The van der Waals surface area contributed by atoms with Gasteiger partial charge in [0.1, 0.15) is 5.75 Å². The van der Waals surface area contributed by atoms with E-state index in [1.165, 1.54) is 64.2 Å². The molecular weight excluding hydrogens is 364 g/mol. The molecule has 5 rings (SSSR count). The topological polar surface area (TPSA) is 9.23 Å². The number of hydrogen-bond donors (Lipinski definition) is 0. The second-order valence-electron chi connectivity index (χ2n) is 11.2. The largest absolute Gasteiger partial charge is 0.490 e. The number of aryl methyl sites for hydroxylation is 1. The van der Waals surface area contributed by atoms with Gasteiger partial charge in [-0.3, -0.25) is 0 Å². The van der Waals surface area contributed by atoms with E-state index in [-0.39, 0.29) is 0 Å². The number of fused-ring (bicyclic) bond motifs is 5. The van der Waals surface area contributed by atoms with Gasteiger partial charge < -0.3 is 4.74 Å². The highest BCUT2D eigenvalue weighted by Gasteiger charge is 2.57. The Bertz CT molecular complexity index is 744. The van der Waals surface area contributed by atoms with E-state index in [1.807, 2.05) is 6.07 Å². The molecule has 0 aromatic heterocycles. The Hall–Kier alpha value is -0.690. The van der Waals surface area contributed by atoms with Crippen LogP contribution in [0.5, 0.6) is 5.75 Å². The van der Waals surface area contributed by atoms with Crippen molar-refractivity contribution in [3.63, 3.8) is 0 Å². The van der Waals surface area contributed by atoms with Crippen LogP contribution < -0.4 is 4.74 Å². The van der Waals surface area contributed by atoms with Crippen molar-refractivity contribution in [1.29, 1.82) is 0 Å². The van der Waals surface area contributed by atoms with Gasteiger partial charge in [-0.05, 0) is 117 Å². The molecule has 154 valence electrons. The second kappa shape index (κ2) is 6.93. The first kappa shape index (κ1) is 19.3. The fourth-order valence-corrected chi connectivity index (χ4v) is 8.33. The lowest BCUT2D eigenvalue weighted by atomic mass is 9.45. The van der Waals surface area contributed by atoms with Crippen LogP contribution in [-0.2, 0) is 0 Å². The minimum absolute atomic E-state index is 0.369. The number of hydrogen-bond acceptors (Lipinski definition) is 1. The van der Waals surface area contributed by atoms with E-state index < -0.39 is 0 Å². The SMILES string of the molecule is Cc1ccc(OC2CC[C@@]3(C)[C@@H](CC[C@H]4[C@@H]5CCC[C@@]5(C)CC[C@@H]43)C2)cc1Cl. The average Bonchev–Trinajstić information content (AvgIpc) is 3.07. The van der Waals surface area contributed by atoms with Crippen molar-refractivity contribution in [2.45, 2.75) is 91.1 Å². The average molecular weight is 401 g/mol. The van der Waals surface area contributed by atoms with Crippen LogP contribution >= 0.6 is 11.6 Å². The Morgan fingerprint density at radius 2 is 1.82 bits per heavy atom. The fraction of sp³-hybridized carbons (Fsp3) is 0.769.